The van der Waals surface area contributed by atoms with Gasteiger partial charge in [0.25, 0.3) is 0 Å². The van der Waals surface area contributed by atoms with Crippen LogP contribution >= 0.6 is 24.0 Å². The Morgan fingerprint density at radius 1 is 0.897 bits per heavy atom. The number of nitrogens with zero attached hydrogens (tertiary/aromatic N) is 1. The highest BCUT2D eigenvalue weighted by molar-refractivity contribution is 14.0. The van der Waals surface area contributed by atoms with E-state index >= 15 is 0 Å². The molecular formula is C21H30IN3O4. The Morgan fingerprint density at radius 3 is 2.10 bits per heavy atom. The lowest BCUT2D eigenvalue weighted by molar-refractivity contribution is 0.322. The fourth-order valence-electron chi connectivity index (χ4n) is 2.59. The van der Waals surface area contributed by atoms with Crippen LogP contribution in [0.25, 0.3) is 0 Å². The van der Waals surface area contributed by atoms with Crippen molar-refractivity contribution in [2.75, 3.05) is 41.0 Å². The summed E-state index contributed by atoms with van der Waals surface area (Å²) in [5.74, 6) is 3.55. The molecule has 160 valence electrons. The lowest BCUT2D eigenvalue weighted by Gasteiger charge is -2.15. The van der Waals surface area contributed by atoms with Gasteiger partial charge in [-0.3, -0.25) is 0 Å². The summed E-state index contributed by atoms with van der Waals surface area (Å²) in [7, 11) is 4.84. The normalized spacial score (nSPS) is 10.6. The molecule has 0 aliphatic heterocycles. The first kappa shape index (κ1) is 24.7. The van der Waals surface area contributed by atoms with E-state index in [1.54, 1.807) is 21.3 Å². The van der Waals surface area contributed by atoms with Gasteiger partial charge in [-0.2, -0.15) is 0 Å². The first-order valence-corrected chi connectivity index (χ1v) is 9.20. The fraction of sp³-hybridized carbons (Fsp3) is 0.381. The molecule has 2 rings (SSSR count). The van der Waals surface area contributed by atoms with E-state index in [9.17, 15) is 0 Å². The second-order valence-electron chi connectivity index (χ2n) is 5.79. The molecule has 0 saturated carbocycles. The summed E-state index contributed by atoms with van der Waals surface area (Å²) in [6.45, 7) is 4.32. The van der Waals surface area contributed by atoms with E-state index in [1.165, 1.54) is 0 Å². The molecule has 7 nitrogen and oxygen atoms in total. The molecule has 0 radical (unpaired) electrons. The van der Waals surface area contributed by atoms with E-state index in [2.05, 4.69) is 15.6 Å². The van der Waals surface area contributed by atoms with Crippen LogP contribution in [0, 0.1) is 0 Å². The minimum atomic E-state index is 0. The minimum absolute atomic E-state index is 0. The topological polar surface area (TPSA) is 73.3 Å². The summed E-state index contributed by atoms with van der Waals surface area (Å²) in [4.78, 5) is 4.64. The molecule has 8 heteroatoms. The summed E-state index contributed by atoms with van der Waals surface area (Å²) in [5.41, 5.74) is 0.850. The molecule has 0 amide bonds. The van der Waals surface area contributed by atoms with E-state index in [-0.39, 0.29) is 24.0 Å². The van der Waals surface area contributed by atoms with Crippen LogP contribution in [-0.4, -0.2) is 47.0 Å². The highest BCUT2D eigenvalue weighted by Gasteiger charge is 2.13. The van der Waals surface area contributed by atoms with Crippen LogP contribution in [0.1, 0.15) is 12.5 Å². The molecule has 0 unspecified atom stereocenters. The van der Waals surface area contributed by atoms with Gasteiger partial charge in [-0.1, -0.05) is 18.2 Å². The molecule has 0 heterocycles. The Morgan fingerprint density at radius 2 is 1.55 bits per heavy atom. The molecule has 0 aromatic heterocycles. The number of benzene rings is 2. The number of hydrogen-bond acceptors (Lipinski definition) is 5. The van der Waals surface area contributed by atoms with Gasteiger partial charge in [-0.15, -0.1) is 24.0 Å². The highest BCUT2D eigenvalue weighted by Crippen LogP contribution is 2.34. The van der Waals surface area contributed by atoms with Crippen molar-refractivity contribution in [3.05, 3.63) is 48.0 Å². The molecule has 0 aliphatic rings. The van der Waals surface area contributed by atoms with Gasteiger partial charge in [0.15, 0.2) is 5.96 Å². The average molecular weight is 515 g/mol. The first-order valence-electron chi connectivity index (χ1n) is 9.20. The minimum Gasteiger partial charge on any atom is -0.496 e. The molecule has 0 aliphatic carbocycles. The maximum atomic E-state index is 5.70. The van der Waals surface area contributed by atoms with Crippen molar-refractivity contribution in [3.63, 3.8) is 0 Å². The average Bonchev–Trinajstić information content (AvgIpc) is 2.74. The number of nitrogens with one attached hydrogen (secondary N) is 2. The molecule has 2 aromatic rings. The lowest BCUT2D eigenvalue weighted by atomic mass is 10.1. The van der Waals surface area contributed by atoms with Crippen LogP contribution in [0.5, 0.6) is 23.0 Å². The number of hydrogen-bond donors (Lipinski definition) is 2. The standard InChI is InChI=1S/C21H29N3O4.HI/c1-5-22-21(23-11-12-28-16-9-7-6-8-10-16)24-15-18-19(26-3)13-17(25-2)14-20(18)27-4;/h6-10,13-14H,5,11-12,15H2,1-4H3,(H2,22,23,24);1H. The molecule has 0 saturated heterocycles. The van der Waals surface area contributed by atoms with Crippen LogP contribution < -0.4 is 29.6 Å². The van der Waals surface area contributed by atoms with Crippen LogP contribution in [0.15, 0.2) is 47.5 Å². The molecule has 0 atom stereocenters. The van der Waals surface area contributed by atoms with Crippen molar-refractivity contribution in [1.29, 1.82) is 0 Å². The van der Waals surface area contributed by atoms with E-state index in [0.717, 1.165) is 17.9 Å². The van der Waals surface area contributed by atoms with Crippen LogP contribution in [0.3, 0.4) is 0 Å². The van der Waals surface area contributed by atoms with Gasteiger partial charge in [0.1, 0.15) is 29.6 Å². The van der Waals surface area contributed by atoms with E-state index in [0.29, 0.717) is 42.9 Å². The van der Waals surface area contributed by atoms with E-state index in [1.807, 2.05) is 49.4 Å². The van der Waals surface area contributed by atoms with Gasteiger partial charge in [-0.25, -0.2) is 4.99 Å². The maximum Gasteiger partial charge on any atom is 0.191 e. The van der Waals surface area contributed by atoms with Crippen LogP contribution in [-0.2, 0) is 6.54 Å². The predicted molar refractivity (Wildman–Crippen MR) is 126 cm³/mol. The maximum absolute atomic E-state index is 5.70. The van der Waals surface area contributed by atoms with Gasteiger partial charge in [-0.05, 0) is 19.1 Å². The van der Waals surface area contributed by atoms with E-state index < -0.39 is 0 Å². The predicted octanol–water partition coefficient (Wildman–Crippen LogP) is 3.46. The van der Waals surface area contributed by atoms with Crippen molar-refractivity contribution in [1.82, 2.24) is 10.6 Å². The third kappa shape index (κ3) is 7.88. The summed E-state index contributed by atoms with van der Waals surface area (Å²) >= 11 is 0. The molecular weight excluding hydrogens is 485 g/mol. The third-order valence-electron chi connectivity index (χ3n) is 3.96. The number of rotatable bonds is 10. The number of aliphatic imine (C=N–C) groups is 1. The number of methoxy groups -OCH3 is 3. The molecule has 2 aromatic carbocycles. The number of para-hydroxylation sites is 1. The van der Waals surface area contributed by atoms with Crippen molar-refractivity contribution in [3.8, 4) is 23.0 Å². The molecule has 0 fully saturated rings. The number of guanidine groups is 1. The summed E-state index contributed by atoms with van der Waals surface area (Å²) in [6.07, 6.45) is 0. The Balaban J connectivity index is 0.00000420. The number of halogens is 1. The Labute approximate surface area is 189 Å². The quantitative estimate of drug-likeness (QED) is 0.219. The fourth-order valence-corrected chi connectivity index (χ4v) is 2.59. The molecule has 0 spiro atoms. The summed E-state index contributed by atoms with van der Waals surface area (Å²) < 4.78 is 21.9. The van der Waals surface area contributed by atoms with Gasteiger partial charge in [0.05, 0.1) is 40.0 Å². The Kier molecular flexibility index (Phi) is 11.7. The van der Waals surface area contributed by atoms with Gasteiger partial charge in [0.2, 0.25) is 0 Å². The summed E-state index contributed by atoms with van der Waals surface area (Å²) in [5, 5.41) is 6.49. The van der Waals surface area contributed by atoms with Gasteiger partial charge >= 0.3 is 0 Å². The SMILES string of the molecule is CCNC(=NCc1c(OC)cc(OC)cc1OC)NCCOc1ccccc1.I. The second-order valence-corrected chi connectivity index (χ2v) is 5.79. The van der Waals surface area contributed by atoms with Gasteiger partial charge < -0.3 is 29.6 Å². The van der Waals surface area contributed by atoms with Crippen LogP contribution in [0.2, 0.25) is 0 Å². The monoisotopic (exact) mass is 515 g/mol. The third-order valence-corrected chi connectivity index (χ3v) is 3.96. The Hall–Kier alpha value is -2.36. The van der Waals surface area contributed by atoms with Crippen molar-refractivity contribution in [2.45, 2.75) is 13.5 Å². The van der Waals surface area contributed by atoms with Crippen LogP contribution in [0.4, 0.5) is 0 Å². The Bertz CT molecular complexity index is 732. The van der Waals surface area contributed by atoms with Gasteiger partial charge in [0, 0.05) is 18.7 Å². The summed E-state index contributed by atoms with van der Waals surface area (Å²) in [6, 6.07) is 13.4. The van der Waals surface area contributed by atoms with Crippen molar-refractivity contribution >= 4 is 29.9 Å². The zero-order valence-electron chi connectivity index (χ0n) is 17.4. The highest BCUT2D eigenvalue weighted by atomic mass is 127. The van der Waals surface area contributed by atoms with E-state index in [4.69, 9.17) is 18.9 Å². The van der Waals surface area contributed by atoms with Crippen molar-refractivity contribution < 1.29 is 18.9 Å². The zero-order chi connectivity index (χ0) is 20.2. The molecule has 2 N–H and O–H groups in total. The molecule has 29 heavy (non-hydrogen) atoms. The largest absolute Gasteiger partial charge is 0.496 e. The smallest absolute Gasteiger partial charge is 0.191 e. The van der Waals surface area contributed by atoms with Crippen molar-refractivity contribution in [2.24, 2.45) is 4.99 Å². The second kappa shape index (κ2) is 13.8. The molecule has 0 bridgehead atoms. The lowest BCUT2D eigenvalue weighted by Crippen LogP contribution is -2.39. The first-order chi connectivity index (χ1) is 13.7. The number of ether oxygens (including phenoxy) is 4. The zero-order valence-corrected chi connectivity index (χ0v) is 19.7.